The van der Waals surface area contributed by atoms with Crippen LogP contribution in [-0.4, -0.2) is 71.7 Å². The van der Waals surface area contributed by atoms with Crippen molar-refractivity contribution in [2.24, 2.45) is 4.99 Å². The Balaban J connectivity index is 1.13. The smallest absolute Gasteiger partial charge is 0.273 e. The molecular weight excluding hydrogens is 554 g/mol. The van der Waals surface area contributed by atoms with Gasteiger partial charge in [0.15, 0.2) is 5.78 Å². The minimum absolute atomic E-state index is 0.179. The van der Waals surface area contributed by atoms with E-state index in [0.29, 0.717) is 40.3 Å². The van der Waals surface area contributed by atoms with Gasteiger partial charge in [-0.1, -0.05) is 0 Å². The average Bonchev–Trinajstić information content (AvgIpc) is 3.58. The van der Waals surface area contributed by atoms with Crippen LogP contribution in [0.25, 0.3) is 0 Å². The summed E-state index contributed by atoms with van der Waals surface area (Å²) in [6.07, 6.45) is 1.64. The standard InChI is InChI=1S/C34H35N7O3/c1-4-41-31(19-22(2)38-41)34(44)36-26-8-5-23(6-9-26)32(42)24-7-14-30-28(20-24)29(33(43)37-30)21-35-25-10-12-27(13-11-25)40-17-15-39(3)16-18-40/h5-14,19-21,29H,4,15-18H2,1-3H3,(H,36,44)(H,37,43). The zero-order valence-corrected chi connectivity index (χ0v) is 25.1. The predicted molar refractivity (Wildman–Crippen MR) is 173 cm³/mol. The predicted octanol–water partition coefficient (Wildman–Crippen LogP) is 4.88. The highest BCUT2D eigenvalue weighted by atomic mass is 16.2. The van der Waals surface area contributed by atoms with Gasteiger partial charge in [-0.2, -0.15) is 5.10 Å². The molecule has 2 aliphatic heterocycles. The highest BCUT2D eigenvalue weighted by Crippen LogP contribution is 2.33. The number of aromatic nitrogens is 2. The van der Waals surface area contributed by atoms with Gasteiger partial charge in [0.2, 0.25) is 5.91 Å². The number of benzene rings is 3. The van der Waals surface area contributed by atoms with Gasteiger partial charge in [-0.3, -0.25) is 24.1 Å². The number of likely N-dealkylation sites (N-methyl/N-ethyl adjacent to an activating group) is 1. The first kappa shape index (κ1) is 29.0. The molecule has 1 aromatic heterocycles. The molecule has 3 aromatic carbocycles. The molecule has 1 saturated heterocycles. The number of amides is 2. The van der Waals surface area contributed by atoms with Crippen LogP contribution in [0.15, 0.2) is 77.8 Å². The largest absolute Gasteiger partial charge is 0.369 e. The maximum absolute atomic E-state index is 13.4. The highest BCUT2D eigenvalue weighted by molar-refractivity contribution is 6.15. The molecule has 10 nitrogen and oxygen atoms in total. The van der Waals surface area contributed by atoms with E-state index in [1.54, 1.807) is 59.4 Å². The van der Waals surface area contributed by atoms with Gasteiger partial charge in [0.05, 0.1) is 11.4 Å². The molecule has 2 aliphatic rings. The molecule has 44 heavy (non-hydrogen) atoms. The number of rotatable bonds is 8. The molecule has 0 bridgehead atoms. The Morgan fingerprint density at radius 1 is 0.977 bits per heavy atom. The first-order valence-electron chi connectivity index (χ1n) is 14.8. The number of hydrogen-bond donors (Lipinski definition) is 2. The van der Waals surface area contributed by atoms with Crippen LogP contribution >= 0.6 is 0 Å². The second kappa shape index (κ2) is 12.3. The number of nitrogens with zero attached hydrogens (tertiary/aromatic N) is 5. The number of nitrogens with one attached hydrogen (secondary N) is 2. The second-order valence-corrected chi connectivity index (χ2v) is 11.2. The van der Waals surface area contributed by atoms with Crippen LogP contribution in [0.1, 0.15) is 50.5 Å². The molecule has 1 unspecified atom stereocenters. The third-order valence-corrected chi connectivity index (χ3v) is 8.12. The fraction of sp³-hybridized carbons (Fsp3) is 0.265. The molecule has 0 radical (unpaired) electrons. The highest BCUT2D eigenvalue weighted by Gasteiger charge is 2.30. The second-order valence-electron chi connectivity index (χ2n) is 11.2. The first-order valence-corrected chi connectivity index (χ1v) is 14.8. The molecule has 0 aliphatic carbocycles. The van der Waals surface area contributed by atoms with Crippen LogP contribution in [0.5, 0.6) is 0 Å². The van der Waals surface area contributed by atoms with Crippen LogP contribution in [0.2, 0.25) is 0 Å². The van der Waals surface area contributed by atoms with Gasteiger partial charge in [-0.05, 0) is 99.3 Å². The van der Waals surface area contributed by atoms with Gasteiger partial charge in [0.1, 0.15) is 11.6 Å². The van der Waals surface area contributed by atoms with Gasteiger partial charge >= 0.3 is 0 Å². The van der Waals surface area contributed by atoms with Crippen LogP contribution in [-0.2, 0) is 11.3 Å². The van der Waals surface area contributed by atoms with Gasteiger partial charge in [-0.25, -0.2) is 0 Å². The molecule has 3 heterocycles. The minimum atomic E-state index is -0.604. The number of aliphatic imine (C=N–C) groups is 1. The van der Waals surface area contributed by atoms with Gasteiger partial charge < -0.3 is 20.4 Å². The number of anilines is 3. The summed E-state index contributed by atoms with van der Waals surface area (Å²) in [6, 6.07) is 21.8. The van der Waals surface area contributed by atoms with Crippen LogP contribution in [0.4, 0.5) is 22.7 Å². The Morgan fingerprint density at radius 3 is 2.39 bits per heavy atom. The lowest BCUT2D eigenvalue weighted by Crippen LogP contribution is -2.44. The first-order chi connectivity index (χ1) is 21.3. The zero-order chi connectivity index (χ0) is 30.8. The van der Waals surface area contributed by atoms with E-state index >= 15 is 0 Å². The van der Waals surface area contributed by atoms with Crippen LogP contribution in [0.3, 0.4) is 0 Å². The van der Waals surface area contributed by atoms with Crippen molar-refractivity contribution < 1.29 is 14.4 Å². The number of piperazine rings is 1. The monoisotopic (exact) mass is 589 g/mol. The number of carbonyl (C=O) groups excluding carboxylic acids is 3. The van der Waals surface area contributed by atoms with E-state index in [2.05, 4.69) is 49.7 Å². The van der Waals surface area contributed by atoms with Crippen molar-refractivity contribution in [2.45, 2.75) is 26.3 Å². The summed E-state index contributed by atoms with van der Waals surface area (Å²) >= 11 is 0. The van der Waals surface area contributed by atoms with Crippen molar-refractivity contribution in [1.29, 1.82) is 0 Å². The molecule has 224 valence electrons. The minimum Gasteiger partial charge on any atom is -0.369 e. The number of ketones is 1. The van der Waals surface area contributed by atoms with Crippen molar-refractivity contribution in [3.05, 3.63) is 101 Å². The third kappa shape index (κ3) is 6.02. The Kier molecular flexibility index (Phi) is 8.08. The summed E-state index contributed by atoms with van der Waals surface area (Å²) in [4.78, 5) is 48.3. The lowest BCUT2D eigenvalue weighted by molar-refractivity contribution is -0.115. The zero-order valence-electron chi connectivity index (χ0n) is 25.1. The van der Waals surface area contributed by atoms with E-state index in [4.69, 9.17) is 0 Å². The maximum atomic E-state index is 13.4. The normalized spacial score (nSPS) is 16.7. The van der Waals surface area contributed by atoms with Gasteiger partial charge in [0.25, 0.3) is 5.91 Å². The fourth-order valence-electron chi connectivity index (χ4n) is 5.59. The summed E-state index contributed by atoms with van der Waals surface area (Å²) in [5.74, 6) is -1.23. The fourth-order valence-corrected chi connectivity index (χ4v) is 5.59. The molecule has 2 amide bonds. The molecule has 4 aromatic rings. The summed E-state index contributed by atoms with van der Waals surface area (Å²) in [7, 11) is 2.14. The topological polar surface area (TPSA) is 112 Å². The SMILES string of the molecule is CCn1nc(C)cc1C(=O)Nc1ccc(C(=O)c2ccc3c(c2)C(C=Nc2ccc(N4CCN(C)CC4)cc2)C(=O)N3)cc1. The van der Waals surface area contributed by atoms with Crippen molar-refractivity contribution in [3.63, 3.8) is 0 Å². The van der Waals surface area contributed by atoms with E-state index in [1.807, 2.05) is 26.0 Å². The maximum Gasteiger partial charge on any atom is 0.273 e. The van der Waals surface area contributed by atoms with Crippen molar-refractivity contribution >= 4 is 46.6 Å². The molecule has 0 saturated carbocycles. The Bertz CT molecular complexity index is 1730. The summed E-state index contributed by atoms with van der Waals surface area (Å²) in [6.45, 7) is 8.42. The lowest BCUT2D eigenvalue weighted by atomic mass is 9.96. The number of hydrogen-bond acceptors (Lipinski definition) is 7. The molecule has 1 atom stereocenters. The van der Waals surface area contributed by atoms with E-state index in [-0.39, 0.29) is 17.6 Å². The Hall–Kier alpha value is -5.09. The van der Waals surface area contributed by atoms with E-state index in [1.165, 1.54) is 5.69 Å². The van der Waals surface area contributed by atoms with Crippen LogP contribution in [0, 0.1) is 6.92 Å². The summed E-state index contributed by atoms with van der Waals surface area (Å²) in [5, 5.41) is 10.1. The quantitative estimate of drug-likeness (QED) is 0.224. The van der Waals surface area contributed by atoms with E-state index < -0.39 is 5.92 Å². The number of fused-ring (bicyclic) bond motifs is 1. The van der Waals surface area contributed by atoms with E-state index in [9.17, 15) is 14.4 Å². The molecule has 6 rings (SSSR count). The van der Waals surface area contributed by atoms with Gasteiger partial charge in [0, 0.05) is 67.1 Å². The molecule has 1 fully saturated rings. The molecule has 2 N–H and O–H groups in total. The number of carbonyl (C=O) groups is 3. The van der Waals surface area contributed by atoms with Crippen molar-refractivity contribution in [2.75, 3.05) is 48.8 Å². The lowest BCUT2D eigenvalue weighted by Gasteiger charge is -2.34. The van der Waals surface area contributed by atoms with Gasteiger partial charge in [-0.15, -0.1) is 0 Å². The average molecular weight is 590 g/mol. The molecule has 10 heteroatoms. The number of aryl methyl sites for hydroxylation is 2. The molecule has 0 spiro atoms. The van der Waals surface area contributed by atoms with Crippen LogP contribution < -0.4 is 15.5 Å². The molecular formula is C34H35N7O3. The Labute approximate surface area is 256 Å². The summed E-state index contributed by atoms with van der Waals surface area (Å²) < 4.78 is 1.65. The van der Waals surface area contributed by atoms with Crippen molar-refractivity contribution in [3.8, 4) is 0 Å². The van der Waals surface area contributed by atoms with E-state index in [0.717, 1.165) is 37.6 Å². The Morgan fingerprint density at radius 2 is 1.68 bits per heavy atom. The summed E-state index contributed by atoms with van der Waals surface area (Å²) in [5.41, 5.74) is 6.08. The third-order valence-electron chi connectivity index (χ3n) is 8.12. The van der Waals surface area contributed by atoms with Crippen molar-refractivity contribution in [1.82, 2.24) is 14.7 Å².